The molecule has 0 aliphatic heterocycles. The highest BCUT2D eigenvalue weighted by molar-refractivity contribution is 9.10. The lowest BCUT2D eigenvalue weighted by atomic mass is 10.1. The van der Waals surface area contributed by atoms with E-state index >= 15 is 0 Å². The SMILES string of the molecule is COCCOc1ccc(C(=O)NC(=S)Nc2ccc(NC(=O)c3cccc(C)c3)cc2)cc1Br. The Hall–Kier alpha value is -3.27. The Balaban J connectivity index is 1.53. The highest BCUT2D eigenvalue weighted by Gasteiger charge is 2.12. The summed E-state index contributed by atoms with van der Waals surface area (Å²) in [6.07, 6.45) is 0. The monoisotopic (exact) mass is 541 g/mol. The predicted octanol–water partition coefficient (Wildman–Crippen LogP) is 5.16. The van der Waals surface area contributed by atoms with Crippen LogP contribution in [0.5, 0.6) is 5.75 Å². The van der Waals surface area contributed by atoms with E-state index in [2.05, 4.69) is 31.9 Å². The van der Waals surface area contributed by atoms with Gasteiger partial charge in [-0.1, -0.05) is 17.7 Å². The zero-order valence-corrected chi connectivity index (χ0v) is 21.1. The topological polar surface area (TPSA) is 88.7 Å². The highest BCUT2D eigenvalue weighted by Crippen LogP contribution is 2.26. The molecule has 0 saturated carbocycles. The van der Waals surface area contributed by atoms with Crippen molar-refractivity contribution in [2.45, 2.75) is 6.92 Å². The van der Waals surface area contributed by atoms with E-state index in [1.165, 1.54) is 0 Å². The minimum absolute atomic E-state index is 0.151. The normalized spacial score (nSPS) is 10.3. The maximum Gasteiger partial charge on any atom is 0.257 e. The van der Waals surface area contributed by atoms with Crippen LogP contribution in [0.15, 0.2) is 71.2 Å². The van der Waals surface area contributed by atoms with Gasteiger partial charge in [-0.3, -0.25) is 14.9 Å². The van der Waals surface area contributed by atoms with Gasteiger partial charge in [-0.05, 0) is 89.7 Å². The van der Waals surface area contributed by atoms with Crippen LogP contribution in [-0.2, 0) is 4.74 Å². The van der Waals surface area contributed by atoms with Gasteiger partial charge in [-0.25, -0.2) is 0 Å². The zero-order chi connectivity index (χ0) is 24.5. The van der Waals surface area contributed by atoms with Crippen molar-refractivity contribution in [2.75, 3.05) is 31.0 Å². The summed E-state index contributed by atoms with van der Waals surface area (Å²) in [6.45, 7) is 2.81. The van der Waals surface area contributed by atoms with E-state index in [1.807, 2.05) is 25.1 Å². The molecule has 0 aromatic heterocycles. The van der Waals surface area contributed by atoms with Crippen LogP contribution in [0.2, 0.25) is 0 Å². The van der Waals surface area contributed by atoms with Crippen LogP contribution >= 0.6 is 28.1 Å². The van der Waals surface area contributed by atoms with Crippen molar-refractivity contribution in [1.82, 2.24) is 5.32 Å². The summed E-state index contributed by atoms with van der Waals surface area (Å²) in [7, 11) is 1.60. The molecule has 34 heavy (non-hydrogen) atoms. The van der Waals surface area contributed by atoms with E-state index < -0.39 is 0 Å². The summed E-state index contributed by atoms with van der Waals surface area (Å²) in [5, 5.41) is 8.61. The van der Waals surface area contributed by atoms with Crippen molar-refractivity contribution >= 4 is 56.4 Å². The summed E-state index contributed by atoms with van der Waals surface area (Å²) in [5.74, 6) is 0.0704. The number of methoxy groups -OCH3 is 1. The second-order valence-electron chi connectivity index (χ2n) is 7.30. The second kappa shape index (κ2) is 12.3. The van der Waals surface area contributed by atoms with Crippen LogP contribution in [-0.4, -0.2) is 37.3 Å². The number of anilines is 2. The molecule has 0 saturated heterocycles. The van der Waals surface area contributed by atoms with E-state index in [-0.39, 0.29) is 16.9 Å². The van der Waals surface area contributed by atoms with Crippen molar-refractivity contribution < 1.29 is 19.1 Å². The summed E-state index contributed by atoms with van der Waals surface area (Å²) in [4.78, 5) is 24.9. The molecule has 0 radical (unpaired) electrons. The van der Waals surface area contributed by atoms with Gasteiger partial charge in [-0.2, -0.15) is 0 Å². The molecule has 0 spiro atoms. The lowest BCUT2D eigenvalue weighted by molar-refractivity contribution is 0.0976. The molecule has 3 aromatic rings. The number of benzene rings is 3. The molecular weight excluding hydrogens is 518 g/mol. The molecule has 0 aliphatic carbocycles. The van der Waals surface area contributed by atoms with Crippen LogP contribution in [0.25, 0.3) is 0 Å². The van der Waals surface area contributed by atoms with E-state index in [1.54, 1.807) is 55.6 Å². The van der Waals surface area contributed by atoms with Gasteiger partial charge in [0, 0.05) is 29.6 Å². The first-order valence-electron chi connectivity index (χ1n) is 10.4. The molecule has 0 fully saturated rings. The van der Waals surface area contributed by atoms with E-state index in [0.29, 0.717) is 45.9 Å². The molecule has 0 bridgehead atoms. The third-order valence-corrected chi connectivity index (χ3v) is 5.47. The van der Waals surface area contributed by atoms with Crippen LogP contribution in [0.3, 0.4) is 0 Å². The number of aryl methyl sites for hydroxylation is 1. The maximum absolute atomic E-state index is 12.5. The number of hydrogen-bond acceptors (Lipinski definition) is 5. The maximum atomic E-state index is 12.5. The minimum atomic E-state index is -0.358. The van der Waals surface area contributed by atoms with Crippen molar-refractivity contribution in [3.05, 3.63) is 87.9 Å². The lowest BCUT2D eigenvalue weighted by Crippen LogP contribution is -2.34. The first-order valence-corrected chi connectivity index (χ1v) is 11.6. The van der Waals surface area contributed by atoms with E-state index in [0.717, 1.165) is 5.56 Å². The van der Waals surface area contributed by atoms with Gasteiger partial charge in [0.15, 0.2) is 5.11 Å². The average molecular weight is 542 g/mol. The average Bonchev–Trinajstić information content (AvgIpc) is 2.81. The van der Waals surface area contributed by atoms with Crippen LogP contribution < -0.4 is 20.7 Å². The molecule has 0 unspecified atom stereocenters. The van der Waals surface area contributed by atoms with E-state index in [9.17, 15) is 9.59 Å². The van der Waals surface area contributed by atoms with Crippen molar-refractivity contribution in [3.63, 3.8) is 0 Å². The van der Waals surface area contributed by atoms with Crippen LogP contribution in [0, 0.1) is 6.92 Å². The van der Waals surface area contributed by atoms with Crippen LogP contribution in [0.4, 0.5) is 11.4 Å². The number of ether oxygens (including phenoxy) is 2. The molecule has 0 heterocycles. The van der Waals surface area contributed by atoms with Gasteiger partial charge in [0.2, 0.25) is 0 Å². The third-order valence-electron chi connectivity index (χ3n) is 4.65. The number of thiocarbonyl (C=S) groups is 1. The van der Waals surface area contributed by atoms with Gasteiger partial charge in [0.05, 0.1) is 11.1 Å². The fraction of sp³-hybridized carbons (Fsp3) is 0.160. The number of amides is 2. The number of hydrogen-bond donors (Lipinski definition) is 3. The number of carbonyl (C=O) groups is 2. The lowest BCUT2D eigenvalue weighted by Gasteiger charge is -2.12. The largest absolute Gasteiger partial charge is 0.490 e. The van der Waals surface area contributed by atoms with Crippen molar-refractivity contribution in [3.8, 4) is 5.75 Å². The highest BCUT2D eigenvalue weighted by atomic mass is 79.9. The Labute approximate surface area is 212 Å². The molecule has 2 amide bonds. The number of carbonyl (C=O) groups excluding carboxylic acids is 2. The molecule has 3 aromatic carbocycles. The first kappa shape index (κ1) is 25.4. The summed E-state index contributed by atoms with van der Waals surface area (Å²) >= 11 is 8.66. The predicted molar refractivity (Wildman–Crippen MR) is 141 cm³/mol. The van der Waals surface area contributed by atoms with Gasteiger partial charge in [0.1, 0.15) is 12.4 Å². The Morgan fingerprint density at radius 1 is 0.882 bits per heavy atom. The molecule has 176 valence electrons. The fourth-order valence-corrected chi connectivity index (χ4v) is 3.66. The molecule has 7 nitrogen and oxygen atoms in total. The first-order chi connectivity index (χ1) is 16.4. The Morgan fingerprint density at radius 2 is 1.56 bits per heavy atom. The zero-order valence-electron chi connectivity index (χ0n) is 18.7. The number of nitrogens with one attached hydrogen (secondary N) is 3. The molecule has 3 N–H and O–H groups in total. The molecule has 3 rings (SSSR count). The van der Waals surface area contributed by atoms with Gasteiger partial charge in [0.25, 0.3) is 11.8 Å². The van der Waals surface area contributed by atoms with Gasteiger partial charge < -0.3 is 20.1 Å². The Bertz CT molecular complexity index is 1190. The molecule has 0 atom stereocenters. The molecule has 9 heteroatoms. The Morgan fingerprint density at radius 3 is 2.21 bits per heavy atom. The quantitative estimate of drug-likeness (QED) is 0.269. The number of rotatable bonds is 8. The van der Waals surface area contributed by atoms with Gasteiger partial charge in [-0.15, -0.1) is 0 Å². The molecule has 0 aliphatic rings. The van der Waals surface area contributed by atoms with Crippen molar-refractivity contribution in [1.29, 1.82) is 0 Å². The Kier molecular flexibility index (Phi) is 9.15. The van der Waals surface area contributed by atoms with E-state index in [4.69, 9.17) is 21.7 Å². The summed E-state index contributed by atoms with van der Waals surface area (Å²) in [6, 6.07) is 19.4. The molecular formula is C25H24BrN3O4S. The minimum Gasteiger partial charge on any atom is -0.490 e. The van der Waals surface area contributed by atoms with Crippen molar-refractivity contribution in [2.24, 2.45) is 0 Å². The standard InChI is InChI=1S/C25H24BrN3O4S/c1-16-4-3-5-17(14-16)23(30)27-19-7-9-20(10-8-19)28-25(34)29-24(31)18-6-11-22(21(26)15-18)33-13-12-32-2/h3-11,14-15H,12-13H2,1-2H3,(H,27,30)(H2,28,29,31,34). The van der Waals surface area contributed by atoms with Crippen LogP contribution in [0.1, 0.15) is 26.3 Å². The summed E-state index contributed by atoms with van der Waals surface area (Å²) < 4.78 is 11.2. The third kappa shape index (κ3) is 7.38. The summed E-state index contributed by atoms with van der Waals surface area (Å²) in [5.41, 5.74) is 3.34. The fourth-order valence-electron chi connectivity index (χ4n) is 2.96. The van der Waals surface area contributed by atoms with Gasteiger partial charge >= 0.3 is 0 Å². The smallest absolute Gasteiger partial charge is 0.257 e. The second-order valence-corrected chi connectivity index (χ2v) is 8.56. The number of halogens is 1.